The van der Waals surface area contributed by atoms with Crippen molar-refractivity contribution in [3.05, 3.63) is 39.7 Å². The van der Waals surface area contributed by atoms with E-state index in [1.807, 2.05) is 18.9 Å². The molecule has 0 aliphatic heterocycles. The second kappa shape index (κ2) is 6.08. The molecule has 2 aromatic rings. The van der Waals surface area contributed by atoms with Gasteiger partial charge in [-0.05, 0) is 20.0 Å². The Bertz CT molecular complexity index is 555. The van der Waals surface area contributed by atoms with Crippen molar-refractivity contribution in [2.24, 2.45) is 0 Å². The van der Waals surface area contributed by atoms with Crippen LogP contribution in [0.2, 0.25) is 0 Å². The first kappa shape index (κ1) is 13.9. The minimum Gasteiger partial charge on any atom is -0.352 e. The number of hydrogen-bond donors (Lipinski definition) is 1. The Hall–Kier alpha value is -1.53. The predicted molar refractivity (Wildman–Crippen MR) is 75.9 cm³/mol. The molecule has 2 rings (SSSR count). The zero-order chi connectivity index (χ0) is 13.8. The van der Waals surface area contributed by atoms with Crippen LogP contribution >= 0.6 is 11.3 Å². The highest BCUT2D eigenvalue weighted by atomic mass is 32.1. The lowest BCUT2D eigenvalue weighted by atomic mass is 10.2. The van der Waals surface area contributed by atoms with Crippen LogP contribution in [0.5, 0.6) is 0 Å². The molecule has 0 aliphatic carbocycles. The zero-order valence-corrected chi connectivity index (χ0v) is 12.1. The van der Waals surface area contributed by atoms with Gasteiger partial charge < -0.3 is 10.2 Å². The summed E-state index contributed by atoms with van der Waals surface area (Å²) in [5.41, 5.74) is 3.42. The van der Waals surface area contributed by atoms with Gasteiger partial charge >= 0.3 is 0 Å². The quantitative estimate of drug-likeness (QED) is 0.912. The smallest absolute Gasteiger partial charge is 0.170 e. The average molecular weight is 280 g/mol. The van der Waals surface area contributed by atoms with Gasteiger partial charge in [0.25, 0.3) is 0 Å². The third-order valence-electron chi connectivity index (χ3n) is 2.91. The maximum Gasteiger partial charge on any atom is 0.170 e. The molecule has 1 N–H and O–H groups in total. The van der Waals surface area contributed by atoms with Crippen molar-refractivity contribution in [2.75, 3.05) is 19.0 Å². The number of aryl methyl sites for hydroxylation is 1. The molecule has 0 atom stereocenters. The van der Waals surface area contributed by atoms with Crippen LogP contribution in [0.3, 0.4) is 0 Å². The van der Waals surface area contributed by atoms with E-state index < -0.39 is 0 Å². The van der Waals surface area contributed by atoms with Gasteiger partial charge in [0.2, 0.25) is 0 Å². The Labute approximate surface area is 116 Å². The molecule has 2 heterocycles. The van der Waals surface area contributed by atoms with Gasteiger partial charge in [0.05, 0.1) is 17.7 Å². The normalized spacial score (nSPS) is 10.7. The molecule has 102 valence electrons. The molecule has 0 aromatic carbocycles. The highest BCUT2D eigenvalue weighted by Crippen LogP contribution is 2.22. The molecule has 0 unspecified atom stereocenters. The topological polar surface area (TPSA) is 41.1 Å². The number of rotatable bonds is 5. The lowest BCUT2D eigenvalue weighted by Crippen LogP contribution is -2.20. The van der Waals surface area contributed by atoms with E-state index in [9.17, 15) is 4.39 Å². The first-order chi connectivity index (χ1) is 9.13. The number of hydrogen-bond acceptors (Lipinski definition) is 5. The van der Waals surface area contributed by atoms with Gasteiger partial charge in [-0.3, -0.25) is 0 Å². The highest BCUT2D eigenvalue weighted by Gasteiger charge is 2.14. The van der Waals surface area contributed by atoms with E-state index in [2.05, 4.69) is 15.3 Å². The van der Waals surface area contributed by atoms with Crippen molar-refractivity contribution in [1.29, 1.82) is 0 Å². The fourth-order valence-corrected chi connectivity index (χ4v) is 2.66. The van der Waals surface area contributed by atoms with E-state index >= 15 is 0 Å². The maximum atomic E-state index is 14.3. The number of anilines is 1. The number of nitrogens with one attached hydrogen (secondary N) is 1. The first-order valence-corrected chi connectivity index (χ1v) is 6.89. The lowest BCUT2D eigenvalue weighted by Gasteiger charge is -2.19. The van der Waals surface area contributed by atoms with Crippen molar-refractivity contribution in [2.45, 2.75) is 20.0 Å². The SMILES string of the molecule is CNCc1ccnc(N(C)Cc2scnc2C)c1F. The third-order valence-corrected chi connectivity index (χ3v) is 3.83. The van der Waals surface area contributed by atoms with E-state index in [-0.39, 0.29) is 5.82 Å². The van der Waals surface area contributed by atoms with E-state index in [4.69, 9.17) is 0 Å². The molecule has 0 radical (unpaired) electrons. The van der Waals surface area contributed by atoms with Crippen molar-refractivity contribution in [3.8, 4) is 0 Å². The fraction of sp³-hybridized carbons (Fsp3) is 0.385. The number of halogens is 1. The highest BCUT2D eigenvalue weighted by molar-refractivity contribution is 7.09. The Morgan fingerprint density at radius 3 is 2.84 bits per heavy atom. The van der Waals surface area contributed by atoms with Crippen LogP contribution in [0.4, 0.5) is 10.2 Å². The summed E-state index contributed by atoms with van der Waals surface area (Å²) in [7, 11) is 3.64. The second-order valence-electron chi connectivity index (χ2n) is 4.36. The number of thiazole rings is 1. The second-order valence-corrected chi connectivity index (χ2v) is 5.29. The van der Waals surface area contributed by atoms with Gasteiger partial charge in [0, 0.05) is 30.2 Å². The van der Waals surface area contributed by atoms with E-state index in [1.165, 1.54) is 0 Å². The van der Waals surface area contributed by atoms with Crippen LogP contribution in [0.1, 0.15) is 16.1 Å². The Morgan fingerprint density at radius 1 is 1.42 bits per heavy atom. The number of nitrogens with zero attached hydrogens (tertiary/aromatic N) is 3. The largest absolute Gasteiger partial charge is 0.352 e. The van der Waals surface area contributed by atoms with Crippen LogP contribution in [-0.4, -0.2) is 24.1 Å². The van der Waals surface area contributed by atoms with E-state index in [0.717, 1.165) is 10.6 Å². The zero-order valence-electron chi connectivity index (χ0n) is 11.3. The van der Waals surface area contributed by atoms with Crippen LogP contribution in [0.25, 0.3) is 0 Å². The van der Waals surface area contributed by atoms with E-state index in [1.54, 1.807) is 36.2 Å². The summed E-state index contributed by atoms with van der Waals surface area (Å²) in [6.07, 6.45) is 1.64. The van der Waals surface area contributed by atoms with Crippen molar-refractivity contribution < 1.29 is 4.39 Å². The Kier molecular flexibility index (Phi) is 4.44. The van der Waals surface area contributed by atoms with Crippen molar-refractivity contribution in [1.82, 2.24) is 15.3 Å². The van der Waals surface area contributed by atoms with Gasteiger partial charge in [-0.2, -0.15) is 0 Å². The molecule has 0 aliphatic rings. The van der Waals surface area contributed by atoms with Crippen molar-refractivity contribution in [3.63, 3.8) is 0 Å². The average Bonchev–Trinajstić information content (AvgIpc) is 2.78. The summed E-state index contributed by atoms with van der Waals surface area (Å²) in [6, 6.07) is 1.70. The minimum absolute atomic E-state index is 0.262. The maximum absolute atomic E-state index is 14.3. The van der Waals surface area contributed by atoms with Crippen molar-refractivity contribution >= 4 is 17.2 Å². The van der Waals surface area contributed by atoms with Crippen LogP contribution in [-0.2, 0) is 13.1 Å². The number of pyridine rings is 1. The third kappa shape index (κ3) is 3.08. The predicted octanol–water partition coefficient (Wildman–Crippen LogP) is 2.34. The fourth-order valence-electron chi connectivity index (χ4n) is 1.83. The molecule has 0 amide bonds. The van der Waals surface area contributed by atoms with Gasteiger partial charge in [0.1, 0.15) is 0 Å². The molecule has 0 saturated carbocycles. The molecule has 19 heavy (non-hydrogen) atoms. The monoisotopic (exact) mass is 280 g/mol. The summed E-state index contributed by atoms with van der Waals surface area (Å²) in [4.78, 5) is 11.3. The molecule has 6 heteroatoms. The molecular formula is C13H17FN4S. The standard InChI is InChI=1S/C13H17FN4S/c1-9-11(19-8-17-9)7-18(3)13-12(14)10(6-15-2)4-5-16-13/h4-5,8,15H,6-7H2,1-3H3. The first-order valence-electron chi connectivity index (χ1n) is 6.01. The Balaban J connectivity index is 2.21. The van der Waals surface area contributed by atoms with Gasteiger partial charge in [-0.25, -0.2) is 14.4 Å². The summed E-state index contributed by atoms with van der Waals surface area (Å²) >= 11 is 1.58. The summed E-state index contributed by atoms with van der Waals surface area (Å²) in [5.74, 6) is 0.113. The van der Waals surface area contributed by atoms with Crippen LogP contribution in [0.15, 0.2) is 17.8 Å². The lowest BCUT2D eigenvalue weighted by molar-refractivity contribution is 0.589. The molecule has 0 fully saturated rings. The van der Waals surface area contributed by atoms with Gasteiger partial charge in [-0.1, -0.05) is 0 Å². The van der Waals surface area contributed by atoms with Crippen LogP contribution < -0.4 is 10.2 Å². The minimum atomic E-state index is -0.262. The molecule has 0 saturated heterocycles. The molecular weight excluding hydrogens is 263 g/mol. The molecule has 0 bridgehead atoms. The van der Waals surface area contributed by atoms with Crippen LogP contribution in [0, 0.1) is 12.7 Å². The summed E-state index contributed by atoms with van der Waals surface area (Å²) < 4.78 is 14.3. The Morgan fingerprint density at radius 2 is 2.21 bits per heavy atom. The van der Waals surface area contributed by atoms with E-state index in [0.29, 0.717) is 24.5 Å². The molecule has 2 aromatic heterocycles. The molecule has 0 spiro atoms. The molecule has 4 nitrogen and oxygen atoms in total. The summed E-state index contributed by atoms with van der Waals surface area (Å²) in [5, 5.41) is 2.95. The van der Waals surface area contributed by atoms with Gasteiger partial charge in [-0.15, -0.1) is 11.3 Å². The number of aromatic nitrogens is 2. The summed E-state index contributed by atoms with van der Waals surface area (Å²) in [6.45, 7) is 3.07. The van der Waals surface area contributed by atoms with Gasteiger partial charge in [0.15, 0.2) is 11.6 Å².